The fraction of sp³-hybridized carbons (Fsp3) is 0.0244. The van der Waals surface area contributed by atoms with Crippen molar-refractivity contribution in [3.8, 4) is 22.3 Å². The smallest absolute Gasteiger partial charge is 0.178 e. The number of aryl methyl sites for hydroxylation is 1. The van der Waals surface area contributed by atoms with Gasteiger partial charge in [-0.25, -0.2) is 0 Å². The predicted octanol–water partition coefficient (Wildman–Crippen LogP) is 11.9. The Hall–Kier alpha value is -5.60. The van der Waals surface area contributed by atoms with Crippen LogP contribution in [0.1, 0.15) is 16.9 Å². The van der Waals surface area contributed by atoms with Crippen molar-refractivity contribution in [2.75, 3.05) is 0 Å². The predicted molar refractivity (Wildman–Crippen MR) is 181 cm³/mol. The number of hydrogen-bond acceptors (Lipinski definition) is 2. The second-order valence-electron chi connectivity index (χ2n) is 11.0. The van der Waals surface area contributed by atoms with E-state index < -0.39 is 0 Å². The average Bonchev–Trinajstić information content (AvgIpc) is 3.60. The number of fused-ring (bicyclic) bond motifs is 6. The molecular weight excluding hydrogens is 524 g/mol. The molecule has 2 heteroatoms. The molecule has 0 N–H and O–H groups in total. The van der Waals surface area contributed by atoms with E-state index in [0.29, 0.717) is 0 Å². The molecule has 0 fully saturated rings. The fourth-order valence-corrected chi connectivity index (χ4v) is 6.33. The molecule has 0 atom stereocenters. The first-order valence-corrected chi connectivity index (χ1v) is 14.5. The van der Waals surface area contributed by atoms with Gasteiger partial charge in [0.1, 0.15) is 11.3 Å². The maximum atomic E-state index is 6.64. The number of rotatable bonds is 5. The van der Waals surface area contributed by atoms with Crippen LogP contribution < -0.4 is 0 Å². The maximum Gasteiger partial charge on any atom is 0.178 e. The first kappa shape index (κ1) is 25.1. The zero-order valence-corrected chi connectivity index (χ0v) is 23.8. The van der Waals surface area contributed by atoms with E-state index in [2.05, 4.69) is 128 Å². The summed E-state index contributed by atoms with van der Waals surface area (Å²) in [6.45, 7) is 6.18. The lowest BCUT2D eigenvalue weighted by Crippen LogP contribution is -1.86. The van der Waals surface area contributed by atoms with E-state index in [9.17, 15) is 0 Å². The van der Waals surface area contributed by atoms with Gasteiger partial charge in [-0.2, -0.15) is 0 Å². The highest BCUT2D eigenvalue weighted by Gasteiger charge is 2.23. The second kappa shape index (κ2) is 10.0. The van der Waals surface area contributed by atoms with Gasteiger partial charge in [-0.15, -0.1) is 0 Å². The molecule has 0 saturated carbocycles. The molecule has 8 rings (SSSR count). The minimum atomic E-state index is 0.762. The van der Waals surface area contributed by atoms with Gasteiger partial charge in [0, 0.05) is 21.7 Å². The van der Waals surface area contributed by atoms with Crippen molar-refractivity contribution < 1.29 is 8.83 Å². The number of allylic oxidation sites excluding steroid dienone is 2. The fourth-order valence-electron chi connectivity index (χ4n) is 6.33. The summed E-state index contributed by atoms with van der Waals surface area (Å²) in [7, 11) is 0. The molecule has 0 amide bonds. The summed E-state index contributed by atoms with van der Waals surface area (Å²) in [6.07, 6.45) is 4.11. The maximum absolute atomic E-state index is 6.64. The molecule has 6 aromatic carbocycles. The van der Waals surface area contributed by atoms with Crippen molar-refractivity contribution in [3.05, 3.63) is 157 Å². The van der Waals surface area contributed by atoms with Gasteiger partial charge >= 0.3 is 0 Å². The summed E-state index contributed by atoms with van der Waals surface area (Å²) in [6, 6.07) is 44.6. The molecule has 0 aliphatic rings. The topological polar surface area (TPSA) is 26.3 Å². The van der Waals surface area contributed by atoms with E-state index in [-0.39, 0.29) is 0 Å². The van der Waals surface area contributed by atoms with Crippen molar-refractivity contribution in [1.29, 1.82) is 0 Å². The monoisotopic (exact) mass is 552 g/mol. The Morgan fingerprint density at radius 1 is 0.605 bits per heavy atom. The molecule has 0 bridgehead atoms. The molecule has 0 spiro atoms. The highest BCUT2D eigenvalue weighted by molar-refractivity contribution is 6.21. The molecule has 8 aromatic rings. The van der Waals surface area contributed by atoms with Gasteiger partial charge in [0.2, 0.25) is 0 Å². The quantitative estimate of drug-likeness (QED) is 0.199. The van der Waals surface area contributed by atoms with E-state index in [0.717, 1.165) is 72.1 Å². The largest absolute Gasteiger partial charge is 0.457 e. The van der Waals surface area contributed by atoms with Gasteiger partial charge in [-0.05, 0) is 75.4 Å². The van der Waals surface area contributed by atoms with Crippen molar-refractivity contribution in [1.82, 2.24) is 0 Å². The van der Waals surface area contributed by atoms with Crippen molar-refractivity contribution in [3.63, 3.8) is 0 Å². The summed E-state index contributed by atoms with van der Waals surface area (Å²) in [5, 5.41) is 5.55. The molecular formula is C41H28O2. The molecule has 0 aliphatic heterocycles. The zero-order valence-electron chi connectivity index (χ0n) is 23.8. The molecule has 0 saturated heterocycles. The van der Waals surface area contributed by atoms with Gasteiger partial charge in [-0.1, -0.05) is 122 Å². The van der Waals surface area contributed by atoms with Crippen LogP contribution in [-0.4, -0.2) is 0 Å². The average molecular weight is 553 g/mol. The van der Waals surface area contributed by atoms with Crippen LogP contribution in [0.3, 0.4) is 0 Å². The number of furan rings is 2. The van der Waals surface area contributed by atoms with Gasteiger partial charge < -0.3 is 8.83 Å². The lowest BCUT2D eigenvalue weighted by molar-refractivity contribution is 0.568. The van der Waals surface area contributed by atoms with Crippen molar-refractivity contribution >= 4 is 55.3 Å². The van der Waals surface area contributed by atoms with Crippen LogP contribution in [0.2, 0.25) is 0 Å². The third-order valence-electron chi connectivity index (χ3n) is 8.44. The summed E-state index contributed by atoms with van der Waals surface area (Å²) >= 11 is 0. The number of benzene rings is 6. The Kier molecular flexibility index (Phi) is 5.87. The molecule has 0 aliphatic carbocycles. The highest BCUT2D eigenvalue weighted by Crippen LogP contribution is 2.46. The Morgan fingerprint density at radius 3 is 2.16 bits per heavy atom. The number of hydrogen-bond donors (Lipinski definition) is 0. The molecule has 2 heterocycles. The summed E-state index contributed by atoms with van der Waals surface area (Å²) in [4.78, 5) is 0. The van der Waals surface area contributed by atoms with Crippen LogP contribution in [0.4, 0.5) is 0 Å². The summed E-state index contributed by atoms with van der Waals surface area (Å²) in [5.41, 5.74) is 10.1. The van der Waals surface area contributed by atoms with E-state index in [1.165, 1.54) is 16.3 Å². The SMILES string of the molecule is C=C/C(=C\c1c(C)oc2c1c(-c1cccc3ccccc13)cc1c3cc(-c4ccccc4)ccc3oc12)c1ccccc1. The Morgan fingerprint density at radius 2 is 1.35 bits per heavy atom. The first-order valence-electron chi connectivity index (χ1n) is 14.5. The van der Waals surface area contributed by atoms with E-state index in [4.69, 9.17) is 8.83 Å². The van der Waals surface area contributed by atoms with Crippen LogP contribution in [-0.2, 0) is 0 Å². The zero-order chi connectivity index (χ0) is 28.9. The molecule has 2 nitrogen and oxygen atoms in total. The molecule has 204 valence electrons. The lowest BCUT2D eigenvalue weighted by atomic mass is 9.91. The van der Waals surface area contributed by atoms with Crippen molar-refractivity contribution in [2.24, 2.45) is 0 Å². The molecule has 2 aromatic heterocycles. The second-order valence-corrected chi connectivity index (χ2v) is 11.0. The van der Waals surface area contributed by atoms with Crippen LogP contribution in [0.15, 0.2) is 149 Å². The van der Waals surface area contributed by atoms with Crippen LogP contribution >= 0.6 is 0 Å². The standard InChI is InChI=1S/C41H28O2/c1-3-27(28-13-6-4-7-14-28)23-34-26(2)42-41-39(34)36(33-20-12-18-30-17-10-11-19-32(30)33)25-37-35-24-31(29-15-8-5-9-16-29)21-22-38(35)43-40(37)41/h3-25H,1H2,2H3/b27-23+. The minimum absolute atomic E-state index is 0.762. The van der Waals surface area contributed by atoms with Gasteiger partial charge in [0.05, 0.1) is 0 Å². The molecule has 43 heavy (non-hydrogen) atoms. The molecule has 0 unspecified atom stereocenters. The Balaban J connectivity index is 1.49. The Bertz CT molecular complexity index is 2340. The van der Waals surface area contributed by atoms with Gasteiger partial charge in [0.15, 0.2) is 11.2 Å². The lowest BCUT2D eigenvalue weighted by Gasteiger charge is -2.10. The van der Waals surface area contributed by atoms with Crippen LogP contribution in [0.25, 0.3) is 77.6 Å². The normalized spacial score (nSPS) is 12.1. The van der Waals surface area contributed by atoms with Crippen LogP contribution in [0, 0.1) is 6.92 Å². The summed E-state index contributed by atoms with van der Waals surface area (Å²) < 4.78 is 13.2. The highest BCUT2D eigenvalue weighted by atomic mass is 16.4. The first-order chi connectivity index (χ1) is 21.2. The van der Waals surface area contributed by atoms with E-state index >= 15 is 0 Å². The molecule has 0 radical (unpaired) electrons. The van der Waals surface area contributed by atoms with Gasteiger partial charge in [0.25, 0.3) is 0 Å². The van der Waals surface area contributed by atoms with Gasteiger partial charge in [-0.3, -0.25) is 0 Å². The van der Waals surface area contributed by atoms with Crippen molar-refractivity contribution in [2.45, 2.75) is 6.92 Å². The third kappa shape index (κ3) is 4.11. The van der Waals surface area contributed by atoms with E-state index in [1.54, 1.807) is 0 Å². The summed E-state index contributed by atoms with van der Waals surface area (Å²) in [5.74, 6) is 0.838. The Labute approximate surface area is 249 Å². The van der Waals surface area contributed by atoms with Crippen LogP contribution in [0.5, 0.6) is 0 Å². The minimum Gasteiger partial charge on any atom is -0.457 e. The third-order valence-corrected chi connectivity index (χ3v) is 8.44. The van der Waals surface area contributed by atoms with E-state index in [1.807, 2.05) is 25.1 Å².